The summed E-state index contributed by atoms with van der Waals surface area (Å²) in [5.74, 6) is 0.674. The fraction of sp³-hybridized carbons (Fsp3) is 0.750. The van der Waals surface area contributed by atoms with Crippen molar-refractivity contribution in [3.8, 4) is 0 Å². The highest BCUT2D eigenvalue weighted by molar-refractivity contribution is 6.22. The first kappa shape index (κ1) is 6.92. The van der Waals surface area contributed by atoms with Gasteiger partial charge in [-0.1, -0.05) is 19.4 Å². The fourth-order valence-corrected chi connectivity index (χ4v) is 1.45. The lowest BCUT2D eigenvalue weighted by Crippen LogP contribution is -1.92. The molecular formula is C8H13B. The van der Waals surface area contributed by atoms with Crippen molar-refractivity contribution in [3.05, 3.63) is 11.0 Å². The average molecular weight is 120 g/mol. The van der Waals surface area contributed by atoms with E-state index in [4.69, 9.17) is 7.85 Å². The zero-order valence-electron chi connectivity index (χ0n) is 6.28. The van der Waals surface area contributed by atoms with Crippen LogP contribution in [0.5, 0.6) is 0 Å². The Bertz CT molecular complexity index is 134. The third-order valence-electron chi connectivity index (χ3n) is 2.00. The molecule has 48 valence electrons. The quantitative estimate of drug-likeness (QED) is 0.465. The minimum atomic E-state index is 0.674. The molecule has 0 heterocycles. The van der Waals surface area contributed by atoms with Gasteiger partial charge in [0.1, 0.15) is 7.85 Å². The highest BCUT2D eigenvalue weighted by Gasteiger charge is 2.11. The summed E-state index contributed by atoms with van der Waals surface area (Å²) in [4.78, 5) is 0. The SMILES string of the molecule is [B]C1=C(C(C)C)CCC1. The first-order valence-electron chi connectivity index (χ1n) is 3.69. The molecule has 0 atom stereocenters. The molecule has 0 unspecified atom stereocenters. The van der Waals surface area contributed by atoms with Crippen molar-refractivity contribution in [1.29, 1.82) is 0 Å². The van der Waals surface area contributed by atoms with Crippen molar-refractivity contribution in [1.82, 2.24) is 0 Å². The van der Waals surface area contributed by atoms with Gasteiger partial charge in [-0.15, -0.1) is 5.47 Å². The molecule has 0 saturated heterocycles. The van der Waals surface area contributed by atoms with Crippen LogP contribution in [0.3, 0.4) is 0 Å². The molecule has 0 nitrogen and oxygen atoms in total. The van der Waals surface area contributed by atoms with Gasteiger partial charge in [0.25, 0.3) is 0 Å². The van der Waals surface area contributed by atoms with Gasteiger partial charge in [0.15, 0.2) is 0 Å². The predicted octanol–water partition coefficient (Wildman–Crippen LogP) is 2.25. The molecule has 0 aromatic rings. The maximum absolute atomic E-state index is 5.76. The maximum Gasteiger partial charge on any atom is 0.107 e. The second-order valence-corrected chi connectivity index (χ2v) is 3.06. The largest absolute Gasteiger partial charge is 0.118 e. The molecule has 2 radical (unpaired) electrons. The summed E-state index contributed by atoms with van der Waals surface area (Å²) in [5.41, 5.74) is 2.65. The normalized spacial score (nSPS) is 19.9. The monoisotopic (exact) mass is 120 g/mol. The average Bonchev–Trinajstić information content (AvgIpc) is 2.13. The van der Waals surface area contributed by atoms with E-state index in [2.05, 4.69) is 13.8 Å². The van der Waals surface area contributed by atoms with Crippen molar-refractivity contribution < 1.29 is 0 Å². The molecule has 0 N–H and O–H groups in total. The maximum atomic E-state index is 5.76. The Morgan fingerprint density at radius 1 is 1.33 bits per heavy atom. The van der Waals surface area contributed by atoms with Crippen LogP contribution in [-0.2, 0) is 0 Å². The van der Waals surface area contributed by atoms with E-state index in [1.54, 1.807) is 0 Å². The van der Waals surface area contributed by atoms with Crippen molar-refractivity contribution in [2.45, 2.75) is 33.1 Å². The number of hydrogen-bond acceptors (Lipinski definition) is 0. The van der Waals surface area contributed by atoms with Crippen LogP contribution in [0.25, 0.3) is 0 Å². The lowest BCUT2D eigenvalue weighted by molar-refractivity contribution is 0.725. The molecule has 9 heavy (non-hydrogen) atoms. The van der Waals surface area contributed by atoms with Gasteiger partial charge >= 0.3 is 0 Å². The first-order chi connectivity index (χ1) is 4.22. The summed E-state index contributed by atoms with van der Waals surface area (Å²) < 4.78 is 0. The zero-order valence-corrected chi connectivity index (χ0v) is 6.28. The Labute approximate surface area is 58.8 Å². The number of allylic oxidation sites excluding steroid dienone is 2. The van der Waals surface area contributed by atoms with E-state index in [-0.39, 0.29) is 0 Å². The molecule has 1 rings (SSSR count). The lowest BCUT2D eigenvalue weighted by Gasteiger charge is -2.06. The second kappa shape index (κ2) is 2.59. The molecule has 1 aliphatic rings. The standard InChI is InChI=1S/C8H13B/c1-6(2)7-4-3-5-8(7)9/h6H,3-5H2,1-2H3. The molecule has 0 aliphatic heterocycles. The van der Waals surface area contributed by atoms with E-state index in [9.17, 15) is 0 Å². The molecule has 0 aromatic carbocycles. The van der Waals surface area contributed by atoms with Gasteiger partial charge in [-0.25, -0.2) is 0 Å². The molecule has 1 aliphatic carbocycles. The first-order valence-corrected chi connectivity index (χ1v) is 3.69. The summed E-state index contributed by atoms with van der Waals surface area (Å²) >= 11 is 0. The van der Waals surface area contributed by atoms with Gasteiger partial charge in [0.2, 0.25) is 0 Å². The topological polar surface area (TPSA) is 0 Å². The summed E-state index contributed by atoms with van der Waals surface area (Å²) in [6.45, 7) is 4.43. The van der Waals surface area contributed by atoms with Crippen molar-refractivity contribution in [2.75, 3.05) is 0 Å². The van der Waals surface area contributed by atoms with Crippen LogP contribution in [-0.4, -0.2) is 7.85 Å². The van der Waals surface area contributed by atoms with E-state index >= 15 is 0 Å². The van der Waals surface area contributed by atoms with Gasteiger partial charge in [-0.05, 0) is 25.2 Å². The van der Waals surface area contributed by atoms with Crippen LogP contribution in [0, 0.1) is 5.92 Å². The van der Waals surface area contributed by atoms with E-state index < -0.39 is 0 Å². The van der Waals surface area contributed by atoms with Crippen LogP contribution < -0.4 is 0 Å². The highest BCUT2D eigenvalue weighted by Crippen LogP contribution is 2.28. The summed E-state index contributed by atoms with van der Waals surface area (Å²) in [6.07, 6.45) is 3.65. The molecule has 0 aromatic heterocycles. The van der Waals surface area contributed by atoms with Gasteiger partial charge in [0, 0.05) is 0 Å². The Hall–Kier alpha value is -0.195. The summed E-state index contributed by atoms with van der Waals surface area (Å²) in [7, 11) is 5.76. The smallest absolute Gasteiger partial charge is 0.107 e. The number of hydrogen-bond donors (Lipinski definition) is 0. The summed E-state index contributed by atoms with van der Waals surface area (Å²) in [6, 6.07) is 0. The van der Waals surface area contributed by atoms with E-state index in [0.29, 0.717) is 5.92 Å². The minimum Gasteiger partial charge on any atom is -0.118 e. The van der Waals surface area contributed by atoms with E-state index in [1.807, 2.05) is 0 Å². The Kier molecular flexibility index (Phi) is 1.99. The van der Waals surface area contributed by atoms with Gasteiger partial charge < -0.3 is 0 Å². The third kappa shape index (κ3) is 1.38. The Morgan fingerprint density at radius 3 is 2.22 bits per heavy atom. The van der Waals surface area contributed by atoms with E-state index in [1.165, 1.54) is 18.4 Å². The molecule has 0 fully saturated rings. The van der Waals surface area contributed by atoms with Crippen molar-refractivity contribution in [3.63, 3.8) is 0 Å². The van der Waals surface area contributed by atoms with Crippen molar-refractivity contribution >= 4 is 7.85 Å². The third-order valence-corrected chi connectivity index (χ3v) is 2.00. The predicted molar refractivity (Wildman–Crippen MR) is 41.5 cm³/mol. The van der Waals surface area contributed by atoms with Crippen LogP contribution >= 0.6 is 0 Å². The van der Waals surface area contributed by atoms with Crippen LogP contribution in [0.2, 0.25) is 0 Å². The van der Waals surface area contributed by atoms with E-state index in [0.717, 1.165) is 11.9 Å². The van der Waals surface area contributed by atoms with Crippen LogP contribution in [0.4, 0.5) is 0 Å². The van der Waals surface area contributed by atoms with Gasteiger partial charge in [0.05, 0.1) is 0 Å². The lowest BCUT2D eigenvalue weighted by atomic mass is 9.88. The zero-order chi connectivity index (χ0) is 6.85. The second-order valence-electron chi connectivity index (χ2n) is 3.06. The van der Waals surface area contributed by atoms with Crippen molar-refractivity contribution in [2.24, 2.45) is 5.92 Å². The molecule has 0 bridgehead atoms. The molecule has 0 spiro atoms. The minimum absolute atomic E-state index is 0.674. The molecular weight excluding hydrogens is 107 g/mol. The molecule has 0 saturated carbocycles. The fourth-order valence-electron chi connectivity index (χ4n) is 1.45. The van der Waals surface area contributed by atoms with Crippen LogP contribution in [0.15, 0.2) is 11.0 Å². The van der Waals surface area contributed by atoms with Gasteiger partial charge in [-0.2, -0.15) is 0 Å². The number of rotatable bonds is 1. The Balaban J connectivity index is 2.66. The summed E-state index contributed by atoms with van der Waals surface area (Å²) in [5, 5.41) is 0. The molecule has 1 heteroatoms. The highest BCUT2D eigenvalue weighted by atomic mass is 14.2. The van der Waals surface area contributed by atoms with Crippen LogP contribution in [0.1, 0.15) is 33.1 Å². The molecule has 0 amide bonds. The van der Waals surface area contributed by atoms with Gasteiger partial charge in [-0.3, -0.25) is 0 Å². The Morgan fingerprint density at radius 2 is 2.00 bits per heavy atom.